The normalized spacial score (nSPS) is 27.2. The largest absolute Gasteiger partial charge is 0.314 e. The molecule has 1 aliphatic heterocycles. The van der Waals surface area contributed by atoms with Gasteiger partial charge in [-0.25, -0.2) is 0 Å². The third-order valence-electron chi connectivity index (χ3n) is 1.49. The first kappa shape index (κ1) is 6.60. The summed E-state index contributed by atoms with van der Waals surface area (Å²) in [5, 5.41) is 6.58. The van der Waals surface area contributed by atoms with Crippen LogP contribution in [-0.2, 0) is 0 Å². The first-order chi connectivity index (χ1) is 4.43. The second kappa shape index (κ2) is 3.49. The van der Waals surface area contributed by atoms with Crippen molar-refractivity contribution < 1.29 is 0 Å². The molecule has 0 radical (unpaired) electrons. The fourth-order valence-electron chi connectivity index (χ4n) is 1.000. The monoisotopic (exact) mass is 124 g/mol. The van der Waals surface area contributed by atoms with Crippen LogP contribution in [-0.4, -0.2) is 25.7 Å². The van der Waals surface area contributed by atoms with Crippen LogP contribution in [0.5, 0.6) is 0 Å². The molecule has 1 atom stereocenters. The van der Waals surface area contributed by atoms with Gasteiger partial charge in [0, 0.05) is 32.1 Å². The van der Waals surface area contributed by atoms with Gasteiger partial charge >= 0.3 is 0 Å². The van der Waals surface area contributed by atoms with E-state index in [-0.39, 0.29) is 0 Å². The van der Waals surface area contributed by atoms with Gasteiger partial charge in [-0.15, -0.1) is 12.3 Å². The molecule has 0 aromatic heterocycles. The van der Waals surface area contributed by atoms with Crippen LogP contribution < -0.4 is 10.6 Å². The predicted molar refractivity (Wildman–Crippen MR) is 38.1 cm³/mol. The van der Waals surface area contributed by atoms with Crippen LogP contribution in [0.2, 0.25) is 0 Å². The number of rotatable bonds is 1. The Bertz CT molecular complexity index is 109. The first-order valence-electron chi connectivity index (χ1n) is 3.31. The Balaban J connectivity index is 2.17. The van der Waals surface area contributed by atoms with Gasteiger partial charge in [0.1, 0.15) is 0 Å². The van der Waals surface area contributed by atoms with Gasteiger partial charge in [-0.2, -0.15) is 0 Å². The van der Waals surface area contributed by atoms with Gasteiger partial charge in [0.25, 0.3) is 0 Å². The Labute approximate surface area is 56.0 Å². The topological polar surface area (TPSA) is 24.1 Å². The maximum atomic E-state index is 5.14. The van der Waals surface area contributed by atoms with Gasteiger partial charge in [-0.05, 0) is 0 Å². The van der Waals surface area contributed by atoms with Crippen molar-refractivity contribution in [2.45, 2.75) is 12.5 Å². The van der Waals surface area contributed by atoms with E-state index in [1.54, 1.807) is 0 Å². The summed E-state index contributed by atoms with van der Waals surface area (Å²) in [7, 11) is 0. The molecule has 0 aromatic carbocycles. The molecule has 1 heterocycles. The van der Waals surface area contributed by atoms with Crippen molar-refractivity contribution in [1.29, 1.82) is 0 Å². The van der Waals surface area contributed by atoms with Gasteiger partial charge in [-0.3, -0.25) is 0 Å². The van der Waals surface area contributed by atoms with E-state index in [1.807, 2.05) is 0 Å². The van der Waals surface area contributed by atoms with E-state index in [0.29, 0.717) is 6.04 Å². The van der Waals surface area contributed by atoms with Crippen molar-refractivity contribution >= 4 is 0 Å². The smallest absolute Gasteiger partial charge is 0.0302 e. The minimum Gasteiger partial charge on any atom is -0.314 e. The second-order valence-corrected chi connectivity index (χ2v) is 2.26. The molecule has 1 rings (SSSR count). The Morgan fingerprint density at radius 1 is 1.56 bits per heavy atom. The van der Waals surface area contributed by atoms with E-state index >= 15 is 0 Å². The van der Waals surface area contributed by atoms with Gasteiger partial charge < -0.3 is 10.6 Å². The van der Waals surface area contributed by atoms with Crippen LogP contribution in [0.15, 0.2) is 0 Å². The Hall–Kier alpha value is -0.520. The third kappa shape index (κ3) is 2.05. The predicted octanol–water partition coefficient (Wildman–Crippen LogP) is -0.429. The molecule has 0 amide bonds. The third-order valence-corrected chi connectivity index (χ3v) is 1.49. The van der Waals surface area contributed by atoms with Crippen LogP contribution in [0, 0.1) is 12.3 Å². The van der Waals surface area contributed by atoms with Crippen LogP contribution in [0.1, 0.15) is 6.42 Å². The fraction of sp³-hybridized carbons (Fsp3) is 0.714. The minimum absolute atomic E-state index is 0.503. The molecule has 9 heavy (non-hydrogen) atoms. The van der Waals surface area contributed by atoms with Crippen LogP contribution in [0.4, 0.5) is 0 Å². The average Bonchev–Trinajstić information content (AvgIpc) is 1.91. The van der Waals surface area contributed by atoms with Gasteiger partial charge in [-0.1, -0.05) is 0 Å². The van der Waals surface area contributed by atoms with Crippen molar-refractivity contribution in [1.82, 2.24) is 10.6 Å². The molecule has 2 N–H and O–H groups in total. The lowest BCUT2D eigenvalue weighted by atomic mass is 10.2. The fourth-order valence-corrected chi connectivity index (χ4v) is 1.000. The van der Waals surface area contributed by atoms with Crippen molar-refractivity contribution in [3.63, 3.8) is 0 Å². The molecular formula is C7H12N2. The molecule has 0 aromatic rings. The van der Waals surface area contributed by atoms with E-state index in [1.165, 1.54) is 0 Å². The molecule has 2 heteroatoms. The molecule has 1 aliphatic rings. The molecule has 1 fully saturated rings. The zero-order valence-corrected chi connectivity index (χ0v) is 5.48. The number of nitrogens with one attached hydrogen (secondary N) is 2. The average molecular weight is 124 g/mol. The van der Waals surface area contributed by atoms with Crippen molar-refractivity contribution in [2.24, 2.45) is 0 Å². The standard InChI is InChI=1S/C7H12N2/c1-2-3-7-6-8-4-5-9-7/h1,7-9H,3-6H2/t7-/m0/s1. The van der Waals surface area contributed by atoms with Gasteiger partial charge in [0.05, 0.1) is 0 Å². The molecule has 0 aliphatic carbocycles. The summed E-state index contributed by atoms with van der Waals surface area (Å²) in [6, 6.07) is 0.503. The molecule has 1 saturated heterocycles. The highest BCUT2D eigenvalue weighted by molar-refractivity contribution is 4.91. The maximum Gasteiger partial charge on any atom is 0.0302 e. The second-order valence-electron chi connectivity index (χ2n) is 2.26. The molecule has 2 nitrogen and oxygen atoms in total. The maximum absolute atomic E-state index is 5.14. The number of piperazine rings is 1. The van der Waals surface area contributed by atoms with E-state index < -0.39 is 0 Å². The van der Waals surface area contributed by atoms with Gasteiger partial charge in [0.2, 0.25) is 0 Å². The lowest BCUT2D eigenvalue weighted by Crippen LogP contribution is -2.47. The first-order valence-corrected chi connectivity index (χ1v) is 3.31. The quantitative estimate of drug-likeness (QED) is 0.464. The molecule has 50 valence electrons. The molecule has 0 bridgehead atoms. The summed E-state index contributed by atoms with van der Waals surface area (Å²) in [6.45, 7) is 3.14. The SMILES string of the molecule is C#CC[C@H]1CNCCN1. The van der Waals surface area contributed by atoms with Crippen molar-refractivity contribution in [2.75, 3.05) is 19.6 Å². The Morgan fingerprint density at radius 3 is 3.00 bits per heavy atom. The number of hydrogen-bond donors (Lipinski definition) is 2. The van der Waals surface area contributed by atoms with E-state index in [4.69, 9.17) is 6.42 Å². The number of terminal acetylenes is 1. The van der Waals surface area contributed by atoms with E-state index in [2.05, 4.69) is 16.6 Å². The van der Waals surface area contributed by atoms with E-state index in [0.717, 1.165) is 26.1 Å². The van der Waals surface area contributed by atoms with E-state index in [9.17, 15) is 0 Å². The highest BCUT2D eigenvalue weighted by Crippen LogP contribution is 1.90. The van der Waals surface area contributed by atoms with Crippen molar-refractivity contribution in [3.05, 3.63) is 0 Å². The summed E-state index contributed by atoms with van der Waals surface area (Å²) < 4.78 is 0. The minimum atomic E-state index is 0.503. The molecule has 0 unspecified atom stereocenters. The summed E-state index contributed by atoms with van der Waals surface area (Å²) in [5.41, 5.74) is 0. The van der Waals surface area contributed by atoms with Crippen molar-refractivity contribution in [3.8, 4) is 12.3 Å². The Kier molecular flexibility index (Phi) is 2.56. The van der Waals surface area contributed by atoms with Gasteiger partial charge in [0.15, 0.2) is 0 Å². The van der Waals surface area contributed by atoms with Crippen LogP contribution in [0.3, 0.4) is 0 Å². The number of hydrogen-bond acceptors (Lipinski definition) is 2. The summed E-state index contributed by atoms with van der Waals surface area (Å²) in [5.74, 6) is 2.63. The zero-order valence-electron chi connectivity index (χ0n) is 5.48. The van der Waals surface area contributed by atoms with Crippen LogP contribution in [0.25, 0.3) is 0 Å². The van der Waals surface area contributed by atoms with Crippen LogP contribution >= 0.6 is 0 Å². The summed E-state index contributed by atoms with van der Waals surface area (Å²) >= 11 is 0. The molecular weight excluding hydrogens is 112 g/mol. The summed E-state index contributed by atoms with van der Waals surface area (Å²) in [6.07, 6.45) is 5.98. The highest BCUT2D eigenvalue weighted by atomic mass is 15.0. The zero-order chi connectivity index (χ0) is 6.53. The lowest BCUT2D eigenvalue weighted by Gasteiger charge is -2.22. The highest BCUT2D eigenvalue weighted by Gasteiger charge is 2.08. The molecule has 0 spiro atoms. The lowest BCUT2D eigenvalue weighted by molar-refractivity contribution is 0.424. The Morgan fingerprint density at radius 2 is 2.44 bits per heavy atom. The molecule has 0 saturated carbocycles. The summed E-state index contributed by atoms with van der Waals surface area (Å²) in [4.78, 5) is 0.